The summed E-state index contributed by atoms with van der Waals surface area (Å²) < 4.78 is 0. The predicted octanol–water partition coefficient (Wildman–Crippen LogP) is 1.99. The molecule has 0 atom stereocenters. The minimum atomic E-state index is 1.03. The molecule has 1 rings (SSSR count). The molecule has 0 bridgehead atoms. The van der Waals surface area contributed by atoms with Crippen molar-refractivity contribution in [2.75, 3.05) is 7.05 Å². The van der Waals surface area contributed by atoms with Gasteiger partial charge in [0, 0.05) is 19.3 Å². The van der Waals surface area contributed by atoms with Gasteiger partial charge in [-0.25, -0.2) is 0 Å². The molecule has 70 valence electrons. The van der Waals surface area contributed by atoms with E-state index in [1.165, 1.54) is 6.08 Å². The molecule has 0 aliphatic rings. The lowest BCUT2D eigenvalue weighted by atomic mass is 10.2. The highest BCUT2D eigenvalue weighted by Crippen LogP contribution is 1.95. The van der Waals surface area contributed by atoms with Crippen LogP contribution in [0.3, 0.4) is 0 Å². The van der Waals surface area contributed by atoms with Crippen molar-refractivity contribution < 1.29 is 0 Å². The second-order valence-corrected chi connectivity index (χ2v) is 2.67. The molecule has 1 aromatic carbocycles. The second-order valence-electron chi connectivity index (χ2n) is 2.67. The first-order chi connectivity index (χ1) is 6.83. The number of rotatable bonds is 3. The van der Waals surface area contributed by atoms with E-state index < -0.39 is 0 Å². The van der Waals surface area contributed by atoms with Crippen molar-refractivity contribution >= 4 is 6.21 Å². The van der Waals surface area contributed by atoms with E-state index in [9.17, 15) is 0 Å². The van der Waals surface area contributed by atoms with Gasteiger partial charge < -0.3 is 0 Å². The summed E-state index contributed by atoms with van der Waals surface area (Å²) in [7, 11) is 1.77. The third-order valence-electron chi connectivity index (χ3n) is 1.55. The molecular formula is C11H11N3. The Hall–Kier alpha value is -2.08. The van der Waals surface area contributed by atoms with Crippen molar-refractivity contribution in [1.29, 1.82) is 5.26 Å². The van der Waals surface area contributed by atoms with Gasteiger partial charge in [-0.2, -0.15) is 10.4 Å². The van der Waals surface area contributed by atoms with Gasteiger partial charge in [-0.05, 0) is 5.56 Å². The molecule has 1 aromatic rings. The smallest absolute Gasteiger partial charge is 0.0928 e. The van der Waals surface area contributed by atoms with Crippen molar-refractivity contribution in [2.45, 2.75) is 0 Å². The quantitative estimate of drug-likeness (QED) is 0.410. The van der Waals surface area contributed by atoms with Crippen LogP contribution < -0.4 is 0 Å². The third-order valence-corrected chi connectivity index (χ3v) is 1.55. The third kappa shape index (κ3) is 3.55. The average molecular weight is 185 g/mol. The molecule has 0 aromatic heterocycles. The molecule has 0 radical (unpaired) electrons. The molecular weight excluding hydrogens is 174 g/mol. The highest BCUT2D eigenvalue weighted by Gasteiger charge is 1.85. The van der Waals surface area contributed by atoms with Crippen molar-refractivity contribution in [1.82, 2.24) is 5.01 Å². The second kappa shape index (κ2) is 5.55. The Balaban J connectivity index is 2.57. The number of benzene rings is 1. The number of hydrogen-bond acceptors (Lipinski definition) is 3. The maximum atomic E-state index is 8.29. The highest BCUT2D eigenvalue weighted by molar-refractivity contribution is 5.79. The van der Waals surface area contributed by atoms with Crippen LogP contribution in [0, 0.1) is 11.3 Å². The highest BCUT2D eigenvalue weighted by atomic mass is 15.4. The Morgan fingerprint density at radius 2 is 2.07 bits per heavy atom. The van der Waals surface area contributed by atoms with Gasteiger partial charge in [-0.15, -0.1) is 0 Å². The molecule has 0 fully saturated rings. The maximum Gasteiger partial charge on any atom is 0.0928 e. The van der Waals surface area contributed by atoms with Crippen LogP contribution in [0.5, 0.6) is 0 Å². The summed E-state index contributed by atoms with van der Waals surface area (Å²) in [6.07, 6.45) is 4.71. The molecule has 14 heavy (non-hydrogen) atoms. The number of nitriles is 1. The summed E-state index contributed by atoms with van der Waals surface area (Å²) in [5.41, 5.74) is 1.03. The fourth-order valence-corrected chi connectivity index (χ4v) is 0.877. The standard InChI is InChI=1S/C11H11N3/c1-14(9-5-8-12)13-10-11-6-3-2-4-7-11/h2-7,9-10H,1H3/b9-5+,13-10+. The normalized spacial score (nSPS) is 10.6. The predicted molar refractivity (Wildman–Crippen MR) is 56.6 cm³/mol. The largest absolute Gasteiger partial charge is 0.275 e. The number of hydrazone groups is 1. The monoisotopic (exact) mass is 185 g/mol. The van der Waals surface area contributed by atoms with Crippen LogP contribution in [0.15, 0.2) is 47.7 Å². The molecule has 0 aliphatic carbocycles. The molecule has 3 heteroatoms. The molecule has 0 saturated heterocycles. The van der Waals surface area contributed by atoms with Crippen LogP contribution in [-0.4, -0.2) is 18.3 Å². The van der Waals surface area contributed by atoms with E-state index in [0.29, 0.717) is 0 Å². The van der Waals surface area contributed by atoms with Crippen LogP contribution >= 0.6 is 0 Å². The van der Waals surface area contributed by atoms with Crippen LogP contribution in [0.1, 0.15) is 5.56 Å². The fraction of sp³-hybridized carbons (Fsp3) is 0.0909. The Bertz CT molecular complexity index is 360. The van der Waals surface area contributed by atoms with E-state index in [0.717, 1.165) is 5.56 Å². The van der Waals surface area contributed by atoms with Gasteiger partial charge in [0.25, 0.3) is 0 Å². The summed E-state index contributed by atoms with van der Waals surface area (Å²) in [4.78, 5) is 0. The van der Waals surface area contributed by atoms with E-state index in [1.807, 2.05) is 36.4 Å². The molecule has 0 spiro atoms. The molecule has 0 aliphatic heterocycles. The topological polar surface area (TPSA) is 39.4 Å². The van der Waals surface area contributed by atoms with Crippen LogP contribution in [0.2, 0.25) is 0 Å². The minimum Gasteiger partial charge on any atom is -0.275 e. The first kappa shape index (κ1) is 10.0. The van der Waals surface area contributed by atoms with E-state index in [4.69, 9.17) is 5.26 Å². The summed E-state index contributed by atoms with van der Waals surface area (Å²) in [5.74, 6) is 0. The first-order valence-corrected chi connectivity index (χ1v) is 4.21. The first-order valence-electron chi connectivity index (χ1n) is 4.21. The van der Waals surface area contributed by atoms with Gasteiger partial charge in [-0.3, -0.25) is 5.01 Å². The van der Waals surface area contributed by atoms with Gasteiger partial charge in [-0.1, -0.05) is 30.3 Å². The molecule has 0 amide bonds. The lowest BCUT2D eigenvalue weighted by molar-refractivity contribution is 0.493. The van der Waals surface area contributed by atoms with Crippen molar-refractivity contribution in [3.05, 3.63) is 48.2 Å². The van der Waals surface area contributed by atoms with Crippen molar-refractivity contribution in [2.24, 2.45) is 5.10 Å². The molecule has 0 N–H and O–H groups in total. The Morgan fingerprint density at radius 3 is 2.71 bits per heavy atom. The zero-order chi connectivity index (χ0) is 10.2. The van der Waals surface area contributed by atoms with E-state index in [2.05, 4.69) is 5.10 Å². The van der Waals surface area contributed by atoms with Gasteiger partial charge >= 0.3 is 0 Å². The van der Waals surface area contributed by atoms with Crippen LogP contribution in [-0.2, 0) is 0 Å². The fourth-order valence-electron chi connectivity index (χ4n) is 0.877. The summed E-state index contributed by atoms with van der Waals surface area (Å²) in [5, 5.41) is 14.0. The van der Waals surface area contributed by atoms with Gasteiger partial charge in [0.05, 0.1) is 12.3 Å². The van der Waals surface area contributed by atoms with Gasteiger partial charge in [0.1, 0.15) is 0 Å². The average Bonchev–Trinajstić information content (AvgIpc) is 2.25. The number of nitrogens with zero attached hydrogens (tertiary/aromatic N) is 3. The molecule has 3 nitrogen and oxygen atoms in total. The summed E-state index contributed by atoms with van der Waals surface area (Å²) in [6.45, 7) is 0. The van der Waals surface area contributed by atoms with Gasteiger partial charge in [0.15, 0.2) is 0 Å². The maximum absolute atomic E-state index is 8.29. The SMILES string of the molecule is CN(/C=C/C#N)/N=C/c1ccccc1. The van der Waals surface area contributed by atoms with Crippen LogP contribution in [0.4, 0.5) is 0 Å². The molecule has 0 saturated carbocycles. The minimum absolute atomic E-state index is 1.03. The zero-order valence-corrected chi connectivity index (χ0v) is 7.96. The van der Waals surface area contributed by atoms with Crippen LogP contribution in [0.25, 0.3) is 0 Å². The zero-order valence-electron chi connectivity index (χ0n) is 7.96. The van der Waals surface area contributed by atoms with Crippen molar-refractivity contribution in [3.63, 3.8) is 0 Å². The Labute approximate surface area is 83.6 Å². The van der Waals surface area contributed by atoms with E-state index >= 15 is 0 Å². The number of allylic oxidation sites excluding steroid dienone is 1. The lowest BCUT2D eigenvalue weighted by Crippen LogP contribution is -2.00. The molecule has 0 unspecified atom stereocenters. The Kier molecular flexibility index (Phi) is 3.96. The lowest BCUT2D eigenvalue weighted by Gasteiger charge is -2.03. The van der Waals surface area contributed by atoms with Gasteiger partial charge in [0.2, 0.25) is 0 Å². The Morgan fingerprint density at radius 1 is 1.36 bits per heavy atom. The summed E-state index contributed by atoms with van der Waals surface area (Å²) in [6, 6.07) is 11.7. The van der Waals surface area contributed by atoms with E-state index in [1.54, 1.807) is 24.5 Å². The summed E-state index contributed by atoms with van der Waals surface area (Å²) >= 11 is 0. The van der Waals surface area contributed by atoms with Crippen molar-refractivity contribution in [3.8, 4) is 6.07 Å². The number of hydrogen-bond donors (Lipinski definition) is 0. The van der Waals surface area contributed by atoms with E-state index in [-0.39, 0.29) is 0 Å². The molecule has 0 heterocycles.